The molecule has 0 saturated carbocycles. The number of hydrogen-bond donors (Lipinski definition) is 1. The molecular formula is C13H15IN2O2. The zero-order valence-corrected chi connectivity index (χ0v) is 12.1. The van der Waals surface area contributed by atoms with Gasteiger partial charge in [0.25, 0.3) is 0 Å². The summed E-state index contributed by atoms with van der Waals surface area (Å²) >= 11 is 1.64. The van der Waals surface area contributed by atoms with Gasteiger partial charge in [-0.25, -0.2) is 0 Å². The molecule has 0 aliphatic carbocycles. The van der Waals surface area contributed by atoms with E-state index in [-0.39, 0.29) is 16.1 Å². The molecule has 4 nitrogen and oxygen atoms in total. The van der Waals surface area contributed by atoms with Gasteiger partial charge in [-0.3, -0.25) is 9.59 Å². The van der Waals surface area contributed by atoms with Crippen molar-refractivity contribution in [1.29, 1.82) is 0 Å². The molecule has 5 heteroatoms. The Morgan fingerprint density at radius 2 is 2.00 bits per heavy atom. The zero-order valence-electron chi connectivity index (χ0n) is 9.93. The molecule has 18 heavy (non-hydrogen) atoms. The smallest absolute Gasteiger partial charge is 0.224 e. The summed E-state index contributed by atoms with van der Waals surface area (Å²) in [5.74, 6) is -0.0398. The minimum atomic E-state index is -0.685. The predicted molar refractivity (Wildman–Crippen MR) is 77.2 cm³/mol. The minimum Gasteiger partial charge on any atom is -0.338 e. The number of amides is 1. The summed E-state index contributed by atoms with van der Waals surface area (Å²) in [6.07, 6.45) is 0.972. The topological polar surface area (TPSA) is 63.4 Å². The molecule has 2 N–H and O–H groups in total. The number of benzene rings is 1. The average molecular weight is 358 g/mol. The molecular weight excluding hydrogens is 343 g/mol. The molecule has 1 aromatic rings. The first-order chi connectivity index (χ1) is 8.58. The molecule has 1 aliphatic rings. The maximum absolute atomic E-state index is 12.0. The Bertz CT molecular complexity index is 476. The molecule has 2 rings (SSSR count). The van der Waals surface area contributed by atoms with E-state index in [9.17, 15) is 9.59 Å². The van der Waals surface area contributed by atoms with Gasteiger partial charge in [0, 0.05) is 42.1 Å². The SMILES string of the molecule is N[C@@H](CC(=O)N1CCc2ccccc2C1)C(=O)I. The molecule has 0 bridgehead atoms. The Morgan fingerprint density at radius 3 is 2.67 bits per heavy atom. The highest BCUT2D eigenvalue weighted by atomic mass is 127. The second kappa shape index (κ2) is 5.79. The van der Waals surface area contributed by atoms with Gasteiger partial charge in [-0.15, -0.1) is 0 Å². The van der Waals surface area contributed by atoms with Gasteiger partial charge in [-0.2, -0.15) is 0 Å². The number of carbonyl (C=O) groups excluding carboxylic acids is 2. The minimum absolute atomic E-state index is 0.0398. The number of nitrogens with two attached hydrogens (primary N) is 1. The van der Waals surface area contributed by atoms with Gasteiger partial charge in [0.15, 0.2) is 0 Å². The Morgan fingerprint density at radius 1 is 1.33 bits per heavy atom. The van der Waals surface area contributed by atoms with Crippen LogP contribution in [0, 0.1) is 0 Å². The van der Waals surface area contributed by atoms with E-state index in [1.165, 1.54) is 11.1 Å². The van der Waals surface area contributed by atoms with Crippen molar-refractivity contribution in [2.75, 3.05) is 6.54 Å². The molecule has 1 aromatic carbocycles. The molecule has 0 spiro atoms. The molecule has 1 heterocycles. The molecule has 0 fully saturated rings. The van der Waals surface area contributed by atoms with Gasteiger partial charge in [0.2, 0.25) is 9.70 Å². The fraction of sp³-hybridized carbons (Fsp3) is 0.385. The molecule has 1 amide bonds. The van der Waals surface area contributed by atoms with Crippen LogP contribution < -0.4 is 5.73 Å². The zero-order chi connectivity index (χ0) is 13.1. The third-order valence-electron chi connectivity index (χ3n) is 3.17. The maximum Gasteiger partial charge on any atom is 0.224 e. The first kappa shape index (κ1) is 13.5. The fourth-order valence-electron chi connectivity index (χ4n) is 2.11. The van der Waals surface area contributed by atoms with Gasteiger partial charge in [0.05, 0.1) is 6.04 Å². The number of fused-ring (bicyclic) bond motifs is 1. The highest BCUT2D eigenvalue weighted by Gasteiger charge is 2.23. The summed E-state index contributed by atoms with van der Waals surface area (Å²) < 4.78 is -0.168. The van der Waals surface area contributed by atoms with Crippen LogP contribution in [0.4, 0.5) is 0 Å². The first-order valence-corrected chi connectivity index (χ1v) is 6.95. The van der Waals surface area contributed by atoms with E-state index >= 15 is 0 Å². The van der Waals surface area contributed by atoms with Crippen LogP contribution in [0.5, 0.6) is 0 Å². The quantitative estimate of drug-likeness (QED) is 0.654. The van der Waals surface area contributed by atoms with Crippen molar-refractivity contribution in [3.8, 4) is 0 Å². The van der Waals surface area contributed by atoms with Gasteiger partial charge >= 0.3 is 0 Å². The van der Waals surface area contributed by atoms with Crippen LogP contribution in [0.1, 0.15) is 17.5 Å². The highest BCUT2D eigenvalue weighted by molar-refractivity contribution is 14.1. The standard InChI is InChI=1S/C13H15IN2O2/c14-13(18)11(15)7-12(17)16-6-5-9-3-1-2-4-10(9)8-16/h1-4,11H,5-8,15H2/t11-/m0/s1. The lowest BCUT2D eigenvalue weighted by molar-refractivity contribution is -0.133. The Kier molecular flexibility index (Phi) is 4.34. The van der Waals surface area contributed by atoms with Gasteiger partial charge in [-0.1, -0.05) is 24.3 Å². The number of halogens is 1. The van der Waals surface area contributed by atoms with E-state index in [4.69, 9.17) is 5.73 Å². The third kappa shape index (κ3) is 3.08. The number of rotatable bonds is 3. The number of nitrogens with zero attached hydrogens (tertiary/aromatic N) is 1. The lowest BCUT2D eigenvalue weighted by Gasteiger charge is -2.29. The van der Waals surface area contributed by atoms with Crippen LogP contribution >= 0.6 is 22.6 Å². The van der Waals surface area contributed by atoms with Crippen molar-refractivity contribution >= 4 is 32.3 Å². The van der Waals surface area contributed by atoms with Gasteiger partial charge in [-0.05, 0) is 17.5 Å². The lowest BCUT2D eigenvalue weighted by Crippen LogP contribution is -2.40. The Hall–Kier alpha value is -0.950. The Labute approximate surface area is 120 Å². The number of carbonyl (C=O) groups is 2. The summed E-state index contributed by atoms with van der Waals surface area (Å²) in [4.78, 5) is 24.8. The van der Waals surface area contributed by atoms with Gasteiger partial charge < -0.3 is 10.6 Å². The van der Waals surface area contributed by atoms with Gasteiger partial charge in [0.1, 0.15) is 0 Å². The lowest BCUT2D eigenvalue weighted by atomic mass is 9.99. The van der Waals surface area contributed by atoms with Crippen LogP contribution in [0.25, 0.3) is 0 Å². The largest absolute Gasteiger partial charge is 0.338 e. The molecule has 1 atom stereocenters. The second-order valence-electron chi connectivity index (χ2n) is 4.45. The van der Waals surface area contributed by atoms with E-state index < -0.39 is 6.04 Å². The summed E-state index contributed by atoms with van der Waals surface area (Å²) in [7, 11) is 0. The predicted octanol–water partition coefficient (Wildman–Crippen LogP) is 1.25. The normalized spacial score (nSPS) is 16.0. The van der Waals surface area contributed by atoms with Crippen molar-refractivity contribution in [3.63, 3.8) is 0 Å². The van der Waals surface area contributed by atoms with E-state index in [0.29, 0.717) is 13.1 Å². The summed E-state index contributed by atoms with van der Waals surface area (Å²) in [6.45, 7) is 1.33. The van der Waals surface area contributed by atoms with Crippen molar-refractivity contribution < 1.29 is 9.59 Å². The molecule has 96 valence electrons. The molecule has 0 aromatic heterocycles. The summed E-state index contributed by atoms with van der Waals surface area (Å²) in [5.41, 5.74) is 8.10. The van der Waals surface area contributed by atoms with E-state index in [0.717, 1.165) is 6.42 Å². The summed E-state index contributed by atoms with van der Waals surface area (Å²) in [5, 5.41) is 0. The van der Waals surface area contributed by atoms with Crippen molar-refractivity contribution in [2.45, 2.75) is 25.4 Å². The fourth-order valence-corrected chi connectivity index (χ4v) is 2.33. The average Bonchev–Trinajstić information content (AvgIpc) is 2.37. The van der Waals surface area contributed by atoms with Crippen LogP contribution in [0.15, 0.2) is 24.3 Å². The van der Waals surface area contributed by atoms with E-state index in [1.807, 2.05) is 18.2 Å². The van der Waals surface area contributed by atoms with Crippen molar-refractivity contribution in [1.82, 2.24) is 4.90 Å². The molecule has 0 unspecified atom stereocenters. The monoisotopic (exact) mass is 358 g/mol. The molecule has 0 saturated heterocycles. The van der Waals surface area contributed by atoms with Crippen LogP contribution in [-0.2, 0) is 22.6 Å². The second-order valence-corrected chi connectivity index (χ2v) is 5.51. The highest BCUT2D eigenvalue weighted by Crippen LogP contribution is 2.19. The van der Waals surface area contributed by atoms with Crippen LogP contribution in [0.3, 0.4) is 0 Å². The van der Waals surface area contributed by atoms with E-state index in [2.05, 4.69) is 6.07 Å². The first-order valence-electron chi connectivity index (χ1n) is 5.87. The van der Waals surface area contributed by atoms with Crippen LogP contribution in [-0.4, -0.2) is 27.2 Å². The Balaban J connectivity index is 2.00. The van der Waals surface area contributed by atoms with Crippen molar-refractivity contribution in [3.05, 3.63) is 35.4 Å². The molecule has 0 radical (unpaired) electrons. The maximum atomic E-state index is 12.0. The molecule has 1 aliphatic heterocycles. The summed E-state index contributed by atoms with van der Waals surface area (Å²) in [6, 6.07) is 7.44. The van der Waals surface area contributed by atoms with Crippen LogP contribution in [0.2, 0.25) is 0 Å². The van der Waals surface area contributed by atoms with Crippen molar-refractivity contribution in [2.24, 2.45) is 5.73 Å². The van der Waals surface area contributed by atoms with E-state index in [1.54, 1.807) is 27.5 Å². The number of hydrogen-bond acceptors (Lipinski definition) is 3. The third-order valence-corrected chi connectivity index (χ3v) is 3.97.